The normalized spacial score (nSPS) is 12.0. The van der Waals surface area contributed by atoms with E-state index in [1.807, 2.05) is 6.92 Å². The topological polar surface area (TPSA) is 26.3 Å². The molecule has 0 aliphatic heterocycles. The van der Waals surface area contributed by atoms with Crippen LogP contribution in [0, 0.1) is 0 Å². The lowest BCUT2D eigenvalue weighted by Crippen LogP contribution is -2.14. The Kier molecular flexibility index (Phi) is 9.56. The molecule has 0 heterocycles. The molecule has 0 saturated carbocycles. The largest absolute Gasteiger partial charge is 0.463 e. The molecule has 0 fully saturated rings. The minimum Gasteiger partial charge on any atom is -0.463 e. The van der Waals surface area contributed by atoms with E-state index in [0.717, 1.165) is 12.8 Å². The first-order chi connectivity index (χ1) is 7.95. The third kappa shape index (κ3) is 13.7. The molecule has 0 atom stereocenters. The molecule has 0 unspecified atom stereocenters. The van der Waals surface area contributed by atoms with Crippen LogP contribution in [0.5, 0.6) is 0 Å². The number of allylic oxidation sites excluding steroid dienone is 1. The Morgan fingerprint density at radius 1 is 1.18 bits per heavy atom. The second-order valence-electron chi connectivity index (χ2n) is 4.90. The first kappa shape index (κ1) is 16.7. The second kappa shape index (κ2) is 9.72. The van der Waals surface area contributed by atoms with Gasteiger partial charge in [-0.3, -0.25) is 0 Å². The van der Waals surface area contributed by atoms with Gasteiger partial charge in [0.25, 0.3) is 0 Å². The molecular formula is C13H25ClO2Si. The third-order valence-corrected chi connectivity index (χ3v) is 4.57. The molecule has 0 aromatic heterocycles. The van der Waals surface area contributed by atoms with Crippen molar-refractivity contribution in [2.24, 2.45) is 0 Å². The SMILES string of the molecule is CC=CC(=O)OCCCCCCC[Si](C)(C)Cl. The number of carbonyl (C=O) groups excluding carboxylic acids is 1. The van der Waals surface area contributed by atoms with Gasteiger partial charge in [0.1, 0.15) is 7.38 Å². The van der Waals surface area contributed by atoms with Gasteiger partial charge in [0.05, 0.1) is 6.61 Å². The van der Waals surface area contributed by atoms with Crippen molar-refractivity contribution >= 4 is 24.4 Å². The molecule has 17 heavy (non-hydrogen) atoms. The van der Waals surface area contributed by atoms with Crippen LogP contribution in [0.25, 0.3) is 0 Å². The molecule has 4 heteroatoms. The van der Waals surface area contributed by atoms with Crippen LogP contribution in [0.3, 0.4) is 0 Å². The summed E-state index contributed by atoms with van der Waals surface area (Å²) in [6, 6.07) is 1.20. The summed E-state index contributed by atoms with van der Waals surface area (Å²) >= 11 is 6.24. The van der Waals surface area contributed by atoms with Gasteiger partial charge < -0.3 is 4.74 Å². The zero-order valence-electron chi connectivity index (χ0n) is 11.3. The summed E-state index contributed by atoms with van der Waals surface area (Å²) < 4.78 is 5.00. The van der Waals surface area contributed by atoms with E-state index in [-0.39, 0.29) is 5.97 Å². The maximum absolute atomic E-state index is 11.0. The van der Waals surface area contributed by atoms with Gasteiger partial charge in [0, 0.05) is 6.08 Å². The zero-order chi connectivity index (χ0) is 13.1. The molecule has 0 rings (SSSR count). The summed E-state index contributed by atoms with van der Waals surface area (Å²) in [5.41, 5.74) is 0. The number of carbonyl (C=O) groups is 1. The minimum absolute atomic E-state index is 0.234. The van der Waals surface area contributed by atoms with Gasteiger partial charge in [0.2, 0.25) is 0 Å². The first-order valence-electron chi connectivity index (χ1n) is 6.44. The van der Waals surface area contributed by atoms with Crippen molar-refractivity contribution in [2.75, 3.05) is 6.61 Å². The predicted molar refractivity (Wildman–Crippen MR) is 77.0 cm³/mol. The Hall–Kier alpha value is -0.283. The van der Waals surface area contributed by atoms with Gasteiger partial charge in [-0.1, -0.05) is 44.9 Å². The van der Waals surface area contributed by atoms with Gasteiger partial charge in [-0.15, -0.1) is 0 Å². The highest BCUT2D eigenvalue weighted by atomic mass is 35.6. The Morgan fingerprint density at radius 2 is 1.76 bits per heavy atom. The molecule has 0 radical (unpaired) electrons. The number of hydrogen-bond donors (Lipinski definition) is 0. The average Bonchev–Trinajstić information content (AvgIpc) is 2.21. The maximum atomic E-state index is 11.0. The molecule has 0 spiro atoms. The van der Waals surface area contributed by atoms with Crippen molar-refractivity contribution in [2.45, 2.75) is 58.2 Å². The number of esters is 1. The smallest absolute Gasteiger partial charge is 0.330 e. The van der Waals surface area contributed by atoms with Crippen molar-refractivity contribution in [1.29, 1.82) is 0 Å². The van der Waals surface area contributed by atoms with E-state index in [1.54, 1.807) is 6.08 Å². The maximum Gasteiger partial charge on any atom is 0.330 e. The minimum atomic E-state index is -1.36. The summed E-state index contributed by atoms with van der Waals surface area (Å²) in [6.07, 6.45) is 8.93. The molecule has 0 aromatic rings. The molecule has 0 saturated heterocycles. The van der Waals surface area contributed by atoms with Crippen LogP contribution in [-0.4, -0.2) is 20.0 Å². The molecule has 0 aliphatic carbocycles. The van der Waals surface area contributed by atoms with Gasteiger partial charge in [-0.25, -0.2) is 4.79 Å². The van der Waals surface area contributed by atoms with Crippen LogP contribution >= 0.6 is 11.1 Å². The lowest BCUT2D eigenvalue weighted by molar-refractivity contribution is -0.137. The van der Waals surface area contributed by atoms with E-state index in [0.29, 0.717) is 6.61 Å². The fraction of sp³-hybridized carbons (Fsp3) is 0.769. The van der Waals surface area contributed by atoms with E-state index >= 15 is 0 Å². The molecule has 0 aromatic carbocycles. The van der Waals surface area contributed by atoms with Crippen LogP contribution in [0.2, 0.25) is 19.1 Å². The lowest BCUT2D eigenvalue weighted by atomic mass is 10.2. The number of unbranched alkanes of at least 4 members (excludes halogenated alkanes) is 4. The summed E-state index contributed by atoms with van der Waals surface area (Å²) in [5.74, 6) is -0.234. The van der Waals surface area contributed by atoms with Gasteiger partial charge in [0.15, 0.2) is 0 Å². The van der Waals surface area contributed by atoms with Crippen LogP contribution < -0.4 is 0 Å². The summed E-state index contributed by atoms with van der Waals surface area (Å²) in [4.78, 5) is 11.0. The van der Waals surface area contributed by atoms with E-state index in [2.05, 4.69) is 13.1 Å². The number of hydrogen-bond acceptors (Lipinski definition) is 2. The number of rotatable bonds is 9. The molecule has 0 bridgehead atoms. The van der Waals surface area contributed by atoms with Gasteiger partial charge in [-0.2, -0.15) is 11.1 Å². The Labute approximate surface area is 111 Å². The second-order valence-corrected chi connectivity index (χ2v) is 11.9. The van der Waals surface area contributed by atoms with Crippen LogP contribution in [-0.2, 0) is 9.53 Å². The molecule has 0 amide bonds. The molecule has 0 aliphatic rings. The quantitative estimate of drug-likeness (QED) is 0.204. The van der Waals surface area contributed by atoms with Crippen molar-refractivity contribution < 1.29 is 9.53 Å². The molecular weight excluding hydrogens is 252 g/mol. The number of halogens is 1. The number of ether oxygens (including phenoxy) is 1. The first-order valence-corrected chi connectivity index (χ1v) is 10.7. The van der Waals surface area contributed by atoms with Crippen LogP contribution in [0.4, 0.5) is 0 Å². The average molecular weight is 277 g/mol. The van der Waals surface area contributed by atoms with E-state index in [9.17, 15) is 4.79 Å². The van der Waals surface area contributed by atoms with Crippen molar-refractivity contribution in [1.82, 2.24) is 0 Å². The van der Waals surface area contributed by atoms with Crippen molar-refractivity contribution in [3.8, 4) is 0 Å². The standard InChI is InChI=1S/C13H25ClO2Si/c1-4-10-13(15)16-11-8-6-5-7-9-12-17(2,3)14/h4,10H,5-9,11-12H2,1-3H3. The van der Waals surface area contributed by atoms with Gasteiger partial charge >= 0.3 is 5.97 Å². The lowest BCUT2D eigenvalue weighted by Gasteiger charge is -2.11. The van der Waals surface area contributed by atoms with E-state index in [4.69, 9.17) is 15.8 Å². The fourth-order valence-corrected chi connectivity index (χ4v) is 3.03. The summed E-state index contributed by atoms with van der Waals surface area (Å²) in [5, 5.41) is 0. The Balaban J connectivity index is 3.22. The summed E-state index contributed by atoms with van der Waals surface area (Å²) in [6.45, 7) is 6.73. The van der Waals surface area contributed by atoms with E-state index in [1.165, 1.54) is 31.4 Å². The summed E-state index contributed by atoms with van der Waals surface area (Å²) in [7, 11) is -1.36. The highest BCUT2D eigenvalue weighted by Gasteiger charge is 2.15. The molecule has 2 nitrogen and oxygen atoms in total. The highest BCUT2D eigenvalue weighted by Crippen LogP contribution is 2.18. The molecule has 0 N–H and O–H groups in total. The van der Waals surface area contributed by atoms with Crippen LogP contribution in [0.15, 0.2) is 12.2 Å². The predicted octanol–water partition coefficient (Wildman–Crippen LogP) is 4.50. The monoisotopic (exact) mass is 276 g/mol. The molecule has 100 valence electrons. The Morgan fingerprint density at radius 3 is 2.35 bits per heavy atom. The Bertz CT molecular complexity index is 234. The van der Waals surface area contributed by atoms with Gasteiger partial charge in [-0.05, 0) is 19.4 Å². The van der Waals surface area contributed by atoms with Crippen LogP contribution in [0.1, 0.15) is 39.0 Å². The van der Waals surface area contributed by atoms with Crippen molar-refractivity contribution in [3.05, 3.63) is 12.2 Å². The van der Waals surface area contributed by atoms with E-state index < -0.39 is 7.38 Å². The zero-order valence-corrected chi connectivity index (χ0v) is 13.1. The fourth-order valence-electron chi connectivity index (χ4n) is 1.53. The highest BCUT2D eigenvalue weighted by molar-refractivity contribution is 7.19. The van der Waals surface area contributed by atoms with Crippen molar-refractivity contribution in [3.63, 3.8) is 0 Å². The third-order valence-electron chi connectivity index (χ3n) is 2.46.